The molecule has 1 aromatic heterocycles. The number of aromatic nitrogens is 2. The van der Waals surface area contributed by atoms with Crippen molar-refractivity contribution in [3.8, 4) is 0 Å². The maximum Gasteiger partial charge on any atom is 0.326 e. The lowest BCUT2D eigenvalue weighted by molar-refractivity contribution is -0.143. The molecule has 1 heterocycles. The molecule has 0 aliphatic heterocycles. The fourth-order valence-corrected chi connectivity index (χ4v) is 3.26. The molecule has 0 aliphatic carbocycles. The average molecular weight is 503 g/mol. The van der Waals surface area contributed by atoms with E-state index in [0.29, 0.717) is 5.69 Å². The van der Waals surface area contributed by atoms with Gasteiger partial charge in [-0.05, 0) is 18.9 Å². The van der Waals surface area contributed by atoms with Gasteiger partial charge in [-0.25, -0.2) is 9.78 Å². The molecule has 0 bridgehead atoms. The highest BCUT2D eigenvalue weighted by Crippen LogP contribution is 2.07. The van der Waals surface area contributed by atoms with Gasteiger partial charge in [0.2, 0.25) is 17.7 Å². The average Bonchev–Trinajstić information content (AvgIpc) is 3.34. The van der Waals surface area contributed by atoms with Crippen molar-refractivity contribution < 1.29 is 34.2 Å². The molecule has 13 nitrogen and oxygen atoms in total. The maximum absolute atomic E-state index is 13.1. The van der Waals surface area contributed by atoms with Crippen LogP contribution in [0.5, 0.6) is 0 Å². The van der Waals surface area contributed by atoms with Crippen molar-refractivity contribution in [3.63, 3.8) is 0 Å². The van der Waals surface area contributed by atoms with Gasteiger partial charge in [0.15, 0.2) is 0 Å². The van der Waals surface area contributed by atoms with Crippen LogP contribution in [0.25, 0.3) is 0 Å². The number of rotatable bonds is 14. The lowest BCUT2D eigenvalue weighted by atomic mass is 10.0. The Labute approximate surface area is 206 Å². The van der Waals surface area contributed by atoms with E-state index in [4.69, 9.17) is 10.8 Å². The van der Waals surface area contributed by atoms with Gasteiger partial charge < -0.3 is 36.9 Å². The molecular weight excluding hydrogens is 472 g/mol. The first-order valence-electron chi connectivity index (χ1n) is 11.2. The summed E-state index contributed by atoms with van der Waals surface area (Å²) in [7, 11) is 0. The van der Waals surface area contributed by atoms with E-state index in [0.717, 1.165) is 5.56 Å². The third-order valence-corrected chi connectivity index (χ3v) is 5.20. The largest absolute Gasteiger partial charge is 0.481 e. The molecule has 2 rings (SSSR count). The van der Waals surface area contributed by atoms with Crippen LogP contribution in [-0.2, 0) is 36.8 Å². The molecular formula is C23H30N6O7. The molecule has 13 heteroatoms. The number of hydrogen-bond acceptors (Lipinski definition) is 7. The van der Waals surface area contributed by atoms with E-state index in [-0.39, 0.29) is 19.3 Å². The normalized spacial score (nSPS) is 14.1. The summed E-state index contributed by atoms with van der Waals surface area (Å²) in [6.45, 7) is 1.45. The number of nitrogens with two attached hydrogens (primary N) is 1. The Hall–Kier alpha value is -4.26. The Morgan fingerprint density at radius 2 is 1.53 bits per heavy atom. The van der Waals surface area contributed by atoms with Gasteiger partial charge >= 0.3 is 11.9 Å². The van der Waals surface area contributed by atoms with Crippen molar-refractivity contribution in [1.29, 1.82) is 0 Å². The van der Waals surface area contributed by atoms with Crippen molar-refractivity contribution in [1.82, 2.24) is 25.9 Å². The van der Waals surface area contributed by atoms with Crippen LogP contribution >= 0.6 is 0 Å². The first-order valence-corrected chi connectivity index (χ1v) is 11.2. The fraction of sp³-hybridized carbons (Fsp3) is 0.391. The molecule has 0 fully saturated rings. The highest BCUT2D eigenvalue weighted by molar-refractivity contribution is 5.94. The smallest absolute Gasteiger partial charge is 0.326 e. The van der Waals surface area contributed by atoms with E-state index in [9.17, 15) is 29.1 Å². The van der Waals surface area contributed by atoms with E-state index >= 15 is 0 Å². The van der Waals surface area contributed by atoms with Gasteiger partial charge in [-0.1, -0.05) is 30.3 Å². The minimum Gasteiger partial charge on any atom is -0.481 e. The quantitative estimate of drug-likeness (QED) is 0.167. The first-order chi connectivity index (χ1) is 17.1. The number of carbonyl (C=O) groups is 5. The van der Waals surface area contributed by atoms with Crippen LogP contribution in [-0.4, -0.2) is 74.0 Å². The van der Waals surface area contributed by atoms with Crippen LogP contribution in [0.1, 0.15) is 31.0 Å². The Morgan fingerprint density at radius 3 is 2.08 bits per heavy atom. The zero-order chi connectivity index (χ0) is 26.7. The highest BCUT2D eigenvalue weighted by Gasteiger charge is 2.30. The zero-order valence-corrected chi connectivity index (χ0v) is 19.6. The Balaban J connectivity index is 2.20. The van der Waals surface area contributed by atoms with Crippen LogP contribution in [0.15, 0.2) is 42.9 Å². The van der Waals surface area contributed by atoms with E-state index in [1.54, 1.807) is 30.3 Å². The van der Waals surface area contributed by atoms with Gasteiger partial charge in [0.1, 0.15) is 18.1 Å². The maximum atomic E-state index is 13.1. The van der Waals surface area contributed by atoms with Crippen LogP contribution in [0.4, 0.5) is 0 Å². The number of nitrogens with one attached hydrogen (secondary N) is 4. The molecule has 2 aromatic rings. The van der Waals surface area contributed by atoms with Crippen LogP contribution in [0.2, 0.25) is 0 Å². The first kappa shape index (κ1) is 28.0. The number of benzene rings is 1. The van der Waals surface area contributed by atoms with Gasteiger partial charge in [0.25, 0.3) is 0 Å². The van der Waals surface area contributed by atoms with Crippen molar-refractivity contribution in [2.45, 2.75) is 56.8 Å². The van der Waals surface area contributed by atoms with Gasteiger partial charge in [-0.2, -0.15) is 0 Å². The molecule has 0 spiro atoms. The topological polar surface area (TPSA) is 217 Å². The van der Waals surface area contributed by atoms with Gasteiger partial charge in [0.05, 0.1) is 12.4 Å². The lowest BCUT2D eigenvalue weighted by Gasteiger charge is -2.25. The second-order valence-corrected chi connectivity index (χ2v) is 8.21. The number of amides is 3. The van der Waals surface area contributed by atoms with E-state index in [1.807, 2.05) is 0 Å². The van der Waals surface area contributed by atoms with Crippen molar-refractivity contribution in [2.75, 3.05) is 0 Å². The predicted molar refractivity (Wildman–Crippen MR) is 126 cm³/mol. The minimum absolute atomic E-state index is 0.0793. The number of carboxylic acids is 2. The summed E-state index contributed by atoms with van der Waals surface area (Å²) in [4.78, 5) is 67.6. The van der Waals surface area contributed by atoms with Gasteiger partial charge in [0, 0.05) is 31.2 Å². The lowest BCUT2D eigenvalue weighted by Crippen LogP contribution is -2.57. The van der Waals surface area contributed by atoms with E-state index in [2.05, 4.69) is 25.9 Å². The molecule has 3 amide bonds. The summed E-state index contributed by atoms with van der Waals surface area (Å²) in [5.74, 6) is -4.76. The second kappa shape index (κ2) is 13.6. The highest BCUT2D eigenvalue weighted by atomic mass is 16.4. The molecule has 1 aromatic carbocycles. The minimum atomic E-state index is -1.37. The summed E-state index contributed by atoms with van der Waals surface area (Å²) in [5.41, 5.74) is 6.79. The predicted octanol–water partition coefficient (Wildman–Crippen LogP) is -1.05. The summed E-state index contributed by atoms with van der Waals surface area (Å²) >= 11 is 0. The third kappa shape index (κ3) is 9.18. The Kier molecular flexibility index (Phi) is 10.6. The molecule has 0 saturated carbocycles. The van der Waals surface area contributed by atoms with Crippen LogP contribution in [0, 0.1) is 0 Å². The summed E-state index contributed by atoms with van der Waals surface area (Å²) in [5, 5.41) is 25.9. The number of nitrogens with zero attached hydrogens (tertiary/aromatic N) is 1. The molecule has 8 N–H and O–H groups in total. The molecule has 0 radical (unpaired) electrons. The molecule has 36 heavy (non-hydrogen) atoms. The second-order valence-electron chi connectivity index (χ2n) is 8.21. The Bertz CT molecular complexity index is 1040. The number of aliphatic carboxylic acids is 2. The van der Waals surface area contributed by atoms with Crippen molar-refractivity contribution in [3.05, 3.63) is 54.1 Å². The molecule has 0 saturated heterocycles. The molecule has 4 unspecified atom stereocenters. The summed E-state index contributed by atoms with van der Waals surface area (Å²) < 4.78 is 0. The monoisotopic (exact) mass is 502 g/mol. The van der Waals surface area contributed by atoms with Crippen molar-refractivity contribution in [2.24, 2.45) is 5.73 Å². The van der Waals surface area contributed by atoms with Gasteiger partial charge in [-0.15, -0.1) is 0 Å². The number of H-pyrrole nitrogens is 1. The molecule has 194 valence electrons. The SMILES string of the molecule is CC(N)C(=O)NC(Cc1ccccc1)C(=O)NC(CCC(=O)O)C(=O)NC(Cc1cnc[nH]1)C(=O)O. The van der Waals surface area contributed by atoms with Crippen LogP contribution in [0.3, 0.4) is 0 Å². The number of hydrogen-bond donors (Lipinski definition) is 7. The van der Waals surface area contributed by atoms with Crippen LogP contribution < -0.4 is 21.7 Å². The number of carboxylic acid groups (broad SMARTS) is 2. The van der Waals surface area contributed by atoms with Gasteiger partial charge in [-0.3, -0.25) is 19.2 Å². The molecule has 4 atom stereocenters. The van der Waals surface area contributed by atoms with Crippen molar-refractivity contribution >= 4 is 29.7 Å². The standard InChI is InChI=1S/C23H30N6O7/c1-13(24)20(32)28-17(9-14-5-3-2-4-6-14)22(34)27-16(7-8-19(30)31)21(33)29-18(23(35)36)10-15-11-25-12-26-15/h2-6,11-13,16-18H,7-10,24H2,1H3,(H,25,26)(H,27,34)(H,28,32)(H,29,33)(H,30,31)(H,35,36). The summed E-state index contributed by atoms with van der Waals surface area (Å²) in [6, 6.07) is 4.04. The number of imidazole rings is 1. The zero-order valence-electron chi connectivity index (χ0n) is 19.6. The number of aromatic amines is 1. The molecule has 0 aliphatic rings. The third-order valence-electron chi connectivity index (χ3n) is 5.20. The fourth-order valence-electron chi connectivity index (χ4n) is 3.26. The van der Waals surface area contributed by atoms with E-state index in [1.165, 1.54) is 19.4 Å². The summed E-state index contributed by atoms with van der Waals surface area (Å²) in [6.07, 6.45) is 1.96. The Morgan fingerprint density at radius 1 is 0.917 bits per heavy atom. The van der Waals surface area contributed by atoms with E-state index < -0.39 is 60.2 Å². The number of carbonyl (C=O) groups excluding carboxylic acids is 3.